The van der Waals surface area contributed by atoms with Crippen LogP contribution in [-0.4, -0.2) is 40.4 Å². The molecule has 0 saturated carbocycles. The number of rotatable bonds is 6. The van der Waals surface area contributed by atoms with Gasteiger partial charge in [-0.2, -0.15) is 0 Å². The minimum absolute atomic E-state index is 0.240. The molecule has 1 amide bonds. The highest BCUT2D eigenvalue weighted by Gasteiger charge is 2.16. The lowest BCUT2D eigenvalue weighted by Gasteiger charge is -2.26. The molecule has 0 N–H and O–H groups in total. The molecule has 0 aliphatic heterocycles. The summed E-state index contributed by atoms with van der Waals surface area (Å²) in [5, 5.41) is 5.73. The van der Waals surface area contributed by atoms with Crippen LogP contribution in [0.4, 0.5) is 0 Å². The average Bonchev–Trinajstić information content (AvgIpc) is 2.78. The first-order valence-corrected chi connectivity index (χ1v) is 6.66. The summed E-state index contributed by atoms with van der Waals surface area (Å²) in [5.41, 5.74) is 0.835. The zero-order chi connectivity index (χ0) is 15.5. The number of aryl methyl sites for hydroxylation is 1. The van der Waals surface area contributed by atoms with E-state index in [-0.39, 0.29) is 13.2 Å². The van der Waals surface area contributed by atoms with Crippen LogP contribution in [0.5, 0.6) is 5.88 Å². The van der Waals surface area contributed by atoms with E-state index in [9.17, 15) is 4.79 Å². The highest BCUT2D eigenvalue weighted by Crippen LogP contribution is 2.23. The number of fused-ring (bicyclic) bond motifs is 1. The first-order valence-electron chi connectivity index (χ1n) is 6.66. The van der Waals surface area contributed by atoms with Crippen molar-refractivity contribution in [2.75, 3.05) is 13.2 Å². The van der Waals surface area contributed by atoms with Crippen molar-refractivity contribution in [3.63, 3.8) is 0 Å². The van der Waals surface area contributed by atoms with E-state index in [2.05, 4.69) is 10.1 Å². The minimum atomic E-state index is -0.442. The molecule has 114 valence electrons. The summed E-state index contributed by atoms with van der Waals surface area (Å²) < 4.78 is 10.6. The first kappa shape index (κ1) is 15.2. The number of amides is 1. The second-order valence-corrected chi connectivity index (χ2v) is 5.59. The van der Waals surface area contributed by atoms with Crippen molar-refractivity contribution in [2.24, 2.45) is 0 Å². The van der Waals surface area contributed by atoms with E-state index < -0.39 is 5.60 Å². The summed E-state index contributed by atoms with van der Waals surface area (Å²) in [7, 11) is 0. The molecule has 0 saturated heterocycles. The van der Waals surface area contributed by atoms with Gasteiger partial charge in [-0.3, -0.25) is 9.63 Å². The van der Waals surface area contributed by atoms with Gasteiger partial charge in [-0.25, -0.2) is 10.0 Å². The van der Waals surface area contributed by atoms with Crippen molar-refractivity contribution in [3.8, 4) is 5.88 Å². The average molecular weight is 293 g/mol. The van der Waals surface area contributed by atoms with E-state index in [1.165, 1.54) is 5.06 Å². The quantitative estimate of drug-likeness (QED) is 0.599. The Bertz CT molecular complexity index is 618. The zero-order valence-electron chi connectivity index (χ0n) is 12.6. The van der Waals surface area contributed by atoms with E-state index in [1.807, 2.05) is 39.8 Å². The summed E-state index contributed by atoms with van der Waals surface area (Å²) in [6.45, 7) is 7.99. The lowest BCUT2D eigenvalue weighted by Crippen LogP contribution is -2.35. The number of hydrogen-bond donors (Lipinski definition) is 0. The second-order valence-electron chi connectivity index (χ2n) is 5.59. The van der Waals surface area contributed by atoms with Crippen molar-refractivity contribution < 1.29 is 18.9 Å². The molecule has 0 aliphatic carbocycles. The van der Waals surface area contributed by atoms with Crippen molar-refractivity contribution >= 4 is 17.5 Å². The SMILES string of the molecule is Cc1ccc2c(OCCN(C=O)OC(C)(C)C)noc2n1. The third-order valence-corrected chi connectivity index (χ3v) is 2.50. The molecule has 0 bridgehead atoms. The Morgan fingerprint density at radius 3 is 2.81 bits per heavy atom. The van der Waals surface area contributed by atoms with Crippen LogP contribution >= 0.6 is 0 Å². The third-order valence-electron chi connectivity index (χ3n) is 2.50. The minimum Gasteiger partial charge on any atom is -0.473 e. The van der Waals surface area contributed by atoms with Crippen LogP contribution in [0.3, 0.4) is 0 Å². The maximum Gasteiger partial charge on any atom is 0.263 e. The molecule has 2 aromatic rings. The second kappa shape index (κ2) is 6.09. The van der Waals surface area contributed by atoms with Gasteiger partial charge >= 0.3 is 0 Å². The molecule has 0 aromatic carbocycles. The molecule has 0 aliphatic rings. The largest absolute Gasteiger partial charge is 0.473 e. The number of carbonyl (C=O) groups is 1. The predicted octanol–water partition coefficient (Wildman–Crippen LogP) is 2.10. The molecule has 2 rings (SSSR count). The van der Waals surface area contributed by atoms with Gasteiger partial charge < -0.3 is 9.26 Å². The standard InChI is InChI=1S/C14H19N3O4/c1-10-5-6-11-12(15-10)20-16-13(11)19-8-7-17(9-18)21-14(2,3)4/h5-6,9H,7-8H2,1-4H3. The summed E-state index contributed by atoms with van der Waals surface area (Å²) in [4.78, 5) is 20.6. The summed E-state index contributed by atoms with van der Waals surface area (Å²) in [5.74, 6) is 0.360. The van der Waals surface area contributed by atoms with Gasteiger partial charge in [-0.15, -0.1) is 0 Å². The Morgan fingerprint density at radius 1 is 1.38 bits per heavy atom. The topological polar surface area (TPSA) is 77.7 Å². The fourth-order valence-electron chi connectivity index (χ4n) is 1.71. The molecule has 0 atom stereocenters. The van der Waals surface area contributed by atoms with E-state index >= 15 is 0 Å². The van der Waals surface area contributed by atoms with E-state index in [4.69, 9.17) is 14.1 Å². The van der Waals surface area contributed by atoms with Gasteiger partial charge in [0.05, 0.1) is 12.1 Å². The van der Waals surface area contributed by atoms with Crippen LogP contribution in [0.2, 0.25) is 0 Å². The van der Waals surface area contributed by atoms with Gasteiger partial charge in [0.2, 0.25) is 6.41 Å². The summed E-state index contributed by atoms with van der Waals surface area (Å²) >= 11 is 0. The third kappa shape index (κ3) is 4.16. The number of pyridine rings is 1. The zero-order valence-corrected chi connectivity index (χ0v) is 12.6. The number of hydroxylamine groups is 2. The maximum absolute atomic E-state index is 10.9. The van der Waals surface area contributed by atoms with E-state index in [0.717, 1.165) is 5.69 Å². The first-order chi connectivity index (χ1) is 9.89. The van der Waals surface area contributed by atoms with E-state index in [1.54, 1.807) is 0 Å². The van der Waals surface area contributed by atoms with Crippen molar-refractivity contribution in [1.29, 1.82) is 0 Å². The number of aromatic nitrogens is 2. The molecule has 0 unspecified atom stereocenters. The Kier molecular flexibility index (Phi) is 4.42. The molecule has 0 radical (unpaired) electrons. The van der Waals surface area contributed by atoms with Gasteiger partial charge in [-0.05, 0) is 45.0 Å². The van der Waals surface area contributed by atoms with Crippen molar-refractivity contribution in [3.05, 3.63) is 17.8 Å². The fourth-order valence-corrected chi connectivity index (χ4v) is 1.71. The predicted molar refractivity (Wildman–Crippen MR) is 75.6 cm³/mol. The molecule has 0 spiro atoms. The van der Waals surface area contributed by atoms with Gasteiger partial charge in [0.25, 0.3) is 11.6 Å². The van der Waals surface area contributed by atoms with Crippen LogP contribution in [0.1, 0.15) is 26.5 Å². The Labute approximate surface area is 122 Å². The van der Waals surface area contributed by atoms with Crippen molar-refractivity contribution in [1.82, 2.24) is 15.2 Å². The van der Waals surface area contributed by atoms with Crippen molar-refractivity contribution in [2.45, 2.75) is 33.3 Å². The van der Waals surface area contributed by atoms with Crippen LogP contribution in [0.15, 0.2) is 16.7 Å². The molecule has 2 aromatic heterocycles. The van der Waals surface area contributed by atoms with Gasteiger partial charge in [-0.1, -0.05) is 0 Å². The normalized spacial score (nSPS) is 11.6. The van der Waals surface area contributed by atoms with Crippen LogP contribution in [0, 0.1) is 6.92 Å². The molecular formula is C14H19N3O4. The highest BCUT2D eigenvalue weighted by molar-refractivity contribution is 5.78. The monoisotopic (exact) mass is 293 g/mol. The smallest absolute Gasteiger partial charge is 0.263 e. The number of nitrogens with zero attached hydrogens (tertiary/aromatic N) is 3. The Hall–Kier alpha value is -2.15. The summed E-state index contributed by atoms with van der Waals surface area (Å²) in [6, 6.07) is 3.69. The van der Waals surface area contributed by atoms with Gasteiger partial charge in [0.15, 0.2) is 0 Å². The van der Waals surface area contributed by atoms with Gasteiger partial charge in [0, 0.05) is 5.69 Å². The Morgan fingerprint density at radius 2 is 2.14 bits per heavy atom. The van der Waals surface area contributed by atoms with Crippen LogP contribution in [0.25, 0.3) is 11.1 Å². The molecule has 21 heavy (non-hydrogen) atoms. The highest BCUT2D eigenvalue weighted by atomic mass is 16.7. The fraction of sp³-hybridized carbons (Fsp3) is 0.500. The number of hydrogen-bond acceptors (Lipinski definition) is 6. The number of ether oxygens (including phenoxy) is 1. The van der Waals surface area contributed by atoms with Crippen LogP contribution < -0.4 is 4.74 Å². The number of carbonyl (C=O) groups excluding carboxylic acids is 1. The molecule has 2 heterocycles. The lowest BCUT2D eigenvalue weighted by atomic mass is 10.2. The van der Waals surface area contributed by atoms with Crippen LogP contribution in [-0.2, 0) is 9.63 Å². The molecular weight excluding hydrogens is 274 g/mol. The molecule has 7 heteroatoms. The maximum atomic E-state index is 10.9. The lowest BCUT2D eigenvalue weighted by molar-refractivity contribution is -0.217. The summed E-state index contributed by atoms with van der Waals surface area (Å²) in [6.07, 6.45) is 0.625. The Balaban J connectivity index is 1.94. The van der Waals surface area contributed by atoms with Gasteiger partial charge in [0.1, 0.15) is 12.0 Å². The molecule has 7 nitrogen and oxygen atoms in total. The van der Waals surface area contributed by atoms with E-state index in [0.29, 0.717) is 23.4 Å². The molecule has 0 fully saturated rings.